The van der Waals surface area contributed by atoms with E-state index in [1.165, 1.54) is 0 Å². The van der Waals surface area contributed by atoms with Gasteiger partial charge >= 0.3 is 5.97 Å². The smallest absolute Gasteiger partial charge is 0.307 e. The summed E-state index contributed by atoms with van der Waals surface area (Å²) in [6, 6.07) is 4.09. The molecule has 0 aromatic carbocycles. The van der Waals surface area contributed by atoms with Gasteiger partial charge in [-0.15, -0.1) is 10.2 Å². The molecule has 1 saturated heterocycles. The fourth-order valence-corrected chi connectivity index (χ4v) is 3.51. The molecule has 3 heterocycles. The van der Waals surface area contributed by atoms with Crippen molar-refractivity contribution < 1.29 is 9.90 Å². The Balaban J connectivity index is 1.78. The number of rotatable bonds is 8. The van der Waals surface area contributed by atoms with E-state index in [1.807, 2.05) is 19.2 Å². The molecule has 3 atom stereocenters. The van der Waals surface area contributed by atoms with E-state index in [9.17, 15) is 9.90 Å². The maximum absolute atomic E-state index is 11.7. The summed E-state index contributed by atoms with van der Waals surface area (Å²) in [4.78, 5) is 16.3. The first-order chi connectivity index (χ1) is 12.2. The molecule has 2 aromatic rings. The molecule has 0 aliphatic carbocycles. The summed E-state index contributed by atoms with van der Waals surface area (Å²) >= 11 is 0. The van der Waals surface area contributed by atoms with Gasteiger partial charge in [0.25, 0.3) is 0 Å². The summed E-state index contributed by atoms with van der Waals surface area (Å²) in [5, 5.41) is 27.1. The van der Waals surface area contributed by atoms with E-state index in [4.69, 9.17) is 0 Å². The van der Waals surface area contributed by atoms with E-state index in [2.05, 4.69) is 37.0 Å². The number of aromatic amines is 1. The number of H-pyrrole nitrogens is 1. The van der Waals surface area contributed by atoms with E-state index in [0.29, 0.717) is 24.6 Å². The zero-order valence-electron chi connectivity index (χ0n) is 14.4. The number of carboxylic acid groups (broad SMARTS) is 1. The van der Waals surface area contributed by atoms with E-state index in [1.54, 1.807) is 0 Å². The summed E-state index contributed by atoms with van der Waals surface area (Å²) < 4.78 is 0. The van der Waals surface area contributed by atoms with Crippen molar-refractivity contribution >= 4 is 5.97 Å². The van der Waals surface area contributed by atoms with Crippen LogP contribution in [0.25, 0.3) is 0 Å². The van der Waals surface area contributed by atoms with Gasteiger partial charge in [0, 0.05) is 30.3 Å². The highest BCUT2D eigenvalue weighted by atomic mass is 16.4. The van der Waals surface area contributed by atoms with Gasteiger partial charge < -0.3 is 10.4 Å². The van der Waals surface area contributed by atoms with Gasteiger partial charge in [-0.05, 0) is 37.4 Å². The molecule has 25 heavy (non-hydrogen) atoms. The average molecular weight is 344 g/mol. The van der Waals surface area contributed by atoms with E-state index < -0.39 is 11.9 Å². The quantitative estimate of drug-likeness (QED) is 0.664. The topological polar surface area (TPSA) is 117 Å². The predicted octanol–water partition coefficient (Wildman–Crippen LogP) is 1.50. The van der Waals surface area contributed by atoms with Crippen LogP contribution in [0.5, 0.6) is 0 Å². The summed E-state index contributed by atoms with van der Waals surface area (Å²) in [5.74, 6) is -0.768. The fraction of sp³-hybridized carbons (Fsp3) is 0.588. The standard InChI is InChI=1S/C17H24N6O2/c1-2-3-13(17(24)25)14(16-20-22-23-21-16)8-11-4-5-15(19-9-11)12-6-7-18-10-12/h4-5,9,12-14,18H,2-3,6-8,10H2,1H3,(H,24,25)(H,20,21,22,23). The summed E-state index contributed by atoms with van der Waals surface area (Å²) in [5.41, 5.74) is 2.08. The molecular formula is C17H24N6O2. The van der Waals surface area contributed by atoms with Crippen LogP contribution in [0, 0.1) is 5.92 Å². The van der Waals surface area contributed by atoms with Gasteiger partial charge in [0.1, 0.15) is 0 Å². The first-order valence-electron chi connectivity index (χ1n) is 8.80. The van der Waals surface area contributed by atoms with Gasteiger partial charge in [-0.3, -0.25) is 9.78 Å². The van der Waals surface area contributed by atoms with E-state index in [0.717, 1.165) is 37.2 Å². The molecule has 3 rings (SSSR count). The van der Waals surface area contributed by atoms with Gasteiger partial charge in [0.15, 0.2) is 5.82 Å². The number of hydrogen-bond donors (Lipinski definition) is 3. The van der Waals surface area contributed by atoms with Crippen molar-refractivity contribution in [2.45, 2.75) is 44.4 Å². The Morgan fingerprint density at radius 3 is 2.88 bits per heavy atom. The molecule has 1 aliphatic heterocycles. The van der Waals surface area contributed by atoms with Gasteiger partial charge in [0.2, 0.25) is 0 Å². The molecule has 2 aromatic heterocycles. The lowest BCUT2D eigenvalue weighted by Gasteiger charge is -2.21. The Morgan fingerprint density at radius 2 is 2.32 bits per heavy atom. The van der Waals surface area contributed by atoms with Gasteiger partial charge in [-0.25, -0.2) is 0 Å². The van der Waals surface area contributed by atoms with Gasteiger partial charge in [-0.1, -0.05) is 24.6 Å². The highest BCUT2D eigenvalue weighted by Crippen LogP contribution is 2.30. The first kappa shape index (κ1) is 17.5. The highest BCUT2D eigenvalue weighted by Gasteiger charge is 2.32. The number of pyridine rings is 1. The first-order valence-corrected chi connectivity index (χ1v) is 8.80. The molecule has 8 nitrogen and oxygen atoms in total. The van der Waals surface area contributed by atoms with Crippen LogP contribution in [0.15, 0.2) is 18.3 Å². The molecule has 8 heteroatoms. The maximum Gasteiger partial charge on any atom is 0.307 e. The SMILES string of the molecule is CCCC(C(=O)O)C(Cc1ccc(C2CCNC2)nc1)c1nn[nH]n1. The largest absolute Gasteiger partial charge is 0.481 e. The van der Waals surface area contributed by atoms with Gasteiger partial charge in [0.05, 0.1) is 5.92 Å². The number of nitrogens with zero attached hydrogens (tertiary/aromatic N) is 4. The third-order valence-electron chi connectivity index (χ3n) is 4.88. The average Bonchev–Trinajstić information content (AvgIpc) is 3.31. The van der Waals surface area contributed by atoms with Crippen molar-refractivity contribution in [3.63, 3.8) is 0 Å². The zero-order chi connectivity index (χ0) is 17.6. The van der Waals surface area contributed by atoms with Crippen LogP contribution in [-0.4, -0.2) is 49.8 Å². The van der Waals surface area contributed by atoms with Gasteiger partial charge in [-0.2, -0.15) is 5.21 Å². The monoisotopic (exact) mass is 344 g/mol. The molecule has 1 aliphatic rings. The minimum atomic E-state index is -0.821. The number of hydrogen-bond acceptors (Lipinski definition) is 6. The minimum Gasteiger partial charge on any atom is -0.481 e. The second-order valence-corrected chi connectivity index (χ2v) is 6.60. The predicted molar refractivity (Wildman–Crippen MR) is 91.1 cm³/mol. The van der Waals surface area contributed by atoms with Crippen molar-refractivity contribution in [2.75, 3.05) is 13.1 Å². The summed E-state index contributed by atoms with van der Waals surface area (Å²) in [6.45, 7) is 3.98. The number of tetrazole rings is 1. The molecule has 0 bridgehead atoms. The maximum atomic E-state index is 11.7. The fourth-order valence-electron chi connectivity index (χ4n) is 3.51. The van der Waals surface area contributed by atoms with Crippen LogP contribution in [0.2, 0.25) is 0 Å². The Morgan fingerprint density at radius 1 is 1.44 bits per heavy atom. The van der Waals surface area contributed by atoms with Crippen molar-refractivity contribution in [2.24, 2.45) is 5.92 Å². The van der Waals surface area contributed by atoms with Crippen molar-refractivity contribution in [3.05, 3.63) is 35.4 Å². The molecule has 1 fully saturated rings. The lowest BCUT2D eigenvalue weighted by atomic mass is 9.83. The third kappa shape index (κ3) is 4.19. The molecular weight excluding hydrogens is 320 g/mol. The van der Waals surface area contributed by atoms with Crippen LogP contribution in [0.1, 0.15) is 55.1 Å². The van der Waals surface area contributed by atoms with E-state index in [-0.39, 0.29) is 5.92 Å². The number of carboxylic acids is 1. The third-order valence-corrected chi connectivity index (χ3v) is 4.88. The number of carbonyl (C=O) groups is 1. The number of nitrogens with one attached hydrogen (secondary N) is 2. The Labute approximate surface area is 146 Å². The van der Waals surface area contributed by atoms with E-state index >= 15 is 0 Å². The molecule has 0 spiro atoms. The molecule has 0 saturated carbocycles. The van der Waals surface area contributed by atoms with Crippen molar-refractivity contribution in [1.29, 1.82) is 0 Å². The zero-order valence-corrected chi connectivity index (χ0v) is 14.4. The van der Waals surface area contributed by atoms with Crippen LogP contribution in [-0.2, 0) is 11.2 Å². The molecule has 134 valence electrons. The Kier molecular flexibility index (Phi) is 5.70. The van der Waals surface area contributed by atoms with Crippen LogP contribution in [0.3, 0.4) is 0 Å². The summed E-state index contributed by atoms with van der Waals surface area (Å²) in [6.07, 6.45) is 4.86. The molecule has 3 N–H and O–H groups in total. The minimum absolute atomic E-state index is 0.322. The Bertz CT molecular complexity index is 667. The Hall–Kier alpha value is -2.35. The van der Waals surface area contributed by atoms with Crippen LogP contribution in [0.4, 0.5) is 0 Å². The second-order valence-electron chi connectivity index (χ2n) is 6.60. The molecule has 0 radical (unpaired) electrons. The number of aromatic nitrogens is 5. The number of aliphatic carboxylic acids is 1. The normalized spacial score (nSPS) is 19.6. The highest BCUT2D eigenvalue weighted by molar-refractivity contribution is 5.71. The van der Waals surface area contributed by atoms with Crippen LogP contribution >= 0.6 is 0 Å². The lowest BCUT2D eigenvalue weighted by molar-refractivity contribution is -0.142. The van der Waals surface area contributed by atoms with Crippen molar-refractivity contribution in [1.82, 2.24) is 30.9 Å². The van der Waals surface area contributed by atoms with Crippen LogP contribution < -0.4 is 5.32 Å². The molecule has 0 amide bonds. The van der Waals surface area contributed by atoms with Crippen molar-refractivity contribution in [3.8, 4) is 0 Å². The second kappa shape index (κ2) is 8.15. The lowest BCUT2D eigenvalue weighted by Crippen LogP contribution is -2.25. The molecule has 3 unspecified atom stereocenters. The summed E-state index contributed by atoms with van der Waals surface area (Å²) in [7, 11) is 0.